The van der Waals surface area contributed by atoms with Crippen LogP contribution in [-0.2, 0) is 4.79 Å². The van der Waals surface area contributed by atoms with Crippen LogP contribution in [0.5, 0.6) is 0 Å². The van der Waals surface area contributed by atoms with Gasteiger partial charge in [-0.3, -0.25) is 4.79 Å². The van der Waals surface area contributed by atoms with Crippen molar-refractivity contribution in [2.75, 3.05) is 18.0 Å². The molecule has 7 nitrogen and oxygen atoms in total. The SMILES string of the molecule is N#Cc1coc(N2CCC(C(=O)N3N=CC[C@H]3c3cc(F)cc(F)c3)CC2)n1. The molecule has 28 heavy (non-hydrogen) atoms. The fourth-order valence-corrected chi connectivity index (χ4v) is 3.64. The third kappa shape index (κ3) is 3.45. The van der Waals surface area contributed by atoms with E-state index in [-0.39, 0.29) is 17.5 Å². The molecule has 1 aromatic heterocycles. The third-order valence-electron chi connectivity index (χ3n) is 5.05. The first-order valence-electron chi connectivity index (χ1n) is 8.97. The number of benzene rings is 1. The van der Waals surface area contributed by atoms with Crippen LogP contribution in [0.2, 0.25) is 0 Å². The molecule has 1 amide bonds. The van der Waals surface area contributed by atoms with Crippen LogP contribution < -0.4 is 4.90 Å². The van der Waals surface area contributed by atoms with Crippen LogP contribution in [0.4, 0.5) is 14.8 Å². The second kappa shape index (κ2) is 7.38. The first-order valence-corrected chi connectivity index (χ1v) is 8.97. The molecule has 2 aliphatic heterocycles. The predicted molar refractivity (Wildman–Crippen MR) is 95.2 cm³/mol. The summed E-state index contributed by atoms with van der Waals surface area (Å²) in [7, 11) is 0. The molecular formula is C19H17F2N5O2. The van der Waals surface area contributed by atoms with E-state index in [9.17, 15) is 13.6 Å². The summed E-state index contributed by atoms with van der Waals surface area (Å²) in [6.07, 6.45) is 4.45. The maximum absolute atomic E-state index is 13.6. The van der Waals surface area contributed by atoms with E-state index < -0.39 is 17.7 Å². The average molecular weight is 385 g/mol. The molecule has 144 valence electrons. The Morgan fingerprint density at radius 3 is 2.57 bits per heavy atom. The first-order chi connectivity index (χ1) is 13.5. The zero-order valence-electron chi connectivity index (χ0n) is 14.9. The molecule has 4 rings (SSSR count). The molecule has 0 saturated carbocycles. The summed E-state index contributed by atoms with van der Waals surface area (Å²) in [6, 6.07) is 5.07. The summed E-state index contributed by atoms with van der Waals surface area (Å²) in [6.45, 7) is 1.11. The van der Waals surface area contributed by atoms with Crippen LogP contribution in [0.3, 0.4) is 0 Å². The lowest BCUT2D eigenvalue weighted by Gasteiger charge is -2.33. The maximum atomic E-state index is 13.6. The Hall–Kier alpha value is -3.28. The van der Waals surface area contributed by atoms with Gasteiger partial charge in [0.25, 0.3) is 6.01 Å². The monoisotopic (exact) mass is 385 g/mol. The van der Waals surface area contributed by atoms with Gasteiger partial charge in [0.1, 0.15) is 24.0 Å². The van der Waals surface area contributed by atoms with E-state index in [1.54, 1.807) is 6.21 Å². The Morgan fingerprint density at radius 1 is 1.21 bits per heavy atom. The van der Waals surface area contributed by atoms with Crippen molar-refractivity contribution in [2.45, 2.75) is 25.3 Å². The lowest BCUT2D eigenvalue weighted by Crippen LogP contribution is -2.41. The van der Waals surface area contributed by atoms with Gasteiger partial charge in [-0.15, -0.1) is 0 Å². The summed E-state index contributed by atoms with van der Waals surface area (Å²) >= 11 is 0. The molecule has 2 aliphatic rings. The summed E-state index contributed by atoms with van der Waals surface area (Å²) in [4.78, 5) is 18.9. The molecule has 1 aromatic carbocycles. The molecule has 3 heterocycles. The van der Waals surface area contributed by atoms with Gasteiger partial charge in [0.15, 0.2) is 5.69 Å². The summed E-state index contributed by atoms with van der Waals surface area (Å²) < 4.78 is 32.4. The minimum atomic E-state index is -0.676. The Morgan fingerprint density at radius 2 is 1.93 bits per heavy atom. The normalized spacial score (nSPS) is 19.8. The number of oxazole rings is 1. The van der Waals surface area contributed by atoms with Gasteiger partial charge in [-0.1, -0.05) is 0 Å². The van der Waals surface area contributed by atoms with Gasteiger partial charge in [-0.25, -0.2) is 13.8 Å². The lowest BCUT2D eigenvalue weighted by molar-refractivity contribution is -0.138. The van der Waals surface area contributed by atoms with Crippen molar-refractivity contribution in [1.29, 1.82) is 5.26 Å². The Bertz CT molecular complexity index is 939. The minimum absolute atomic E-state index is 0.159. The van der Waals surface area contributed by atoms with Crippen LogP contribution in [0.1, 0.15) is 36.6 Å². The second-order valence-corrected chi connectivity index (χ2v) is 6.82. The average Bonchev–Trinajstić information content (AvgIpc) is 3.36. The highest BCUT2D eigenvalue weighted by atomic mass is 19.1. The minimum Gasteiger partial charge on any atom is -0.431 e. The van der Waals surface area contributed by atoms with Crippen LogP contribution in [0.15, 0.2) is 34.0 Å². The number of piperidine rings is 1. The number of aromatic nitrogens is 1. The molecule has 1 saturated heterocycles. The Labute approximate surface area is 159 Å². The number of halogens is 2. The lowest BCUT2D eigenvalue weighted by atomic mass is 9.94. The van der Waals surface area contributed by atoms with Gasteiger partial charge < -0.3 is 9.32 Å². The smallest absolute Gasteiger partial charge is 0.298 e. The van der Waals surface area contributed by atoms with Crippen molar-refractivity contribution < 1.29 is 18.0 Å². The first kappa shape index (κ1) is 18.1. The van der Waals surface area contributed by atoms with E-state index >= 15 is 0 Å². The third-order valence-corrected chi connectivity index (χ3v) is 5.05. The fraction of sp³-hybridized carbons (Fsp3) is 0.368. The summed E-state index contributed by atoms with van der Waals surface area (Å²) in [5, 5.41) is 14.3. The van der Waals surface area contributed by atoms with Gasteiger partial charge in [0.2, 0.25) is 5.91 Å². The zero-order valence-corrected chi connectivity index (χ0v) is 14.9. The molecule has 0 unspecified atom stereocenters. The highest BCUT2D eigenvalue weighted by molar-refractivity contribution is 5.82. The van der Waals surface area contributed by atoms with Crippen molar-refractivity contribution in [2.24, 2.45) is 11.0 Å². The van der Waals surface area contributed by atoms with Gasteiger partial charge in [-0.05, 0) is 30.5 Å². The number of hydrogen-bond donors (Lipinski definition) is 0. The number of carbonyl (C=O) groups is 1. The summed E-state index contributed by atoms with van der Waals surface area (Å²) in [5.74, 6) is -1.76. The molecular weight excluding hydrogens is 368 g/mol. The molecule has 0 spiro atoms. The van der Waals surface area contributed by atoms with Crippen LogP contribution >= 0.6 is 0 Å². The fourth-order valence-electron chi connectivity index (χ4n) is 3.64. The van der Waals surface area contributed by atoms with Crippen molar-refractivity contribution in [3.05, 3.63) is 47.4 Å². The van der Waals surface area contributed by atoms with E-state index in [4.69, 9.17) is 9.68 Å². The number of hydrazone groups is 1. The Kier molecular flexibility index (Phi) is 4.77. The van der Waals surface area contributed by atoms with E-state index in [1.165, 1.54) is 23.4 Å². The topological polar surface area (TPSA) is 85.7 Å². The highest BCUT2D eigenvalue weighted by Gasteiger charge is 2.35. The summed E-state index contributed by atoms with van der Waals surface area (Å²) in [5.41, 5.74) is 0.606. The molecule has 0 aliphatic carbocycles. The predicted octanol–water partition coefficient (Wildman–Crippen LogP) is 3.00. The van der Waals surface area contributed by atoms with Gasteiger partial charge in [0.05, 0.1) is 6.04 Å². The van der Waals surface area contributed by atoms with Crippen molar-refractivity contribution in [3.8, 4) is 6.07 Å². The number of nitriles is 1. The molecule has 9 heteroatoms. The van der Waals surface area contributed by atoms with Crippen molar-refractivity contribution in [3.63, 3.8) is 0 Å². The largest absolute Gasteiger partial charge is 0.431 e. The molecule has 0 bridgehead atoms. The number of rotatable bonds is 3. The standard InChI is InChI=1S/C19H17F2N5O2/c20-14-7-13(8-15(21)9-14)17-1-4-23-26(17)18(27)12-2-5-25(6-3-12)19-24-16(10-22)11-28-19/h4,7-9,11-12,17H,1-3,5-6H2/t17-/m0/s1. The maximum Gasteiger partial charge on any atom is 0.298 e. The van der Waals surface area contributed by atoms with Gasteiger partial charge in [-0.2, -0.15) is 15.3 Å². The van der Waals surface area contributed by atoms with E-state index in [2.05, 4.69) is 10.1 Å². The second-order valence-electron chi connectivity index (χ2n) is 6.82. The number of carbonyl (C=O) groups excluding carboxylic acids is 1. The number of amides is 1. The zero-order chi connectivity index (χ0) is 19.7. The number of anilines is 1. The van der Waals surface area contributed by atoms with Crippen molar-refractivity contribution >= 4 is 18.1 Å². The molecule has 1 fully saturated rings. The highest BCUT2D eigenvalue weighted by Crippen LogP contribution is 2.33. The number of hydrogen-bond acceptors (Lipinski definition) is 6. The number of nitrogens with zero attached hydrogens (tertiary/aromatic N) is 5. The molecule has 0 radical (unpaired) electrons. The quantitative estimate of drug-likeness (QED) is 0.811. The van der Waals surface area contributed by atoms with E-state index in [0.29, 0.717) is 43.9 Å². The van der Waals surface area contributed by atoms with E-state index in [1.807, 2.05) is 11.0 Å². The van der Waals surface area contributed by atoms with Crippen LogP contribution in [0.25, 0.3) is 0 Å². The van der Waals surface area contributed by atoms with Gasteiger partial charge in [0, 0.05) is 37.7 Å². The van der Waals surface area contributed by atoms with E-state index in [0.717, 1.165) is 6.07 Å². The van der Waals surface area contributed by atoms with Crippen molar-refractivity contribution in [1.82, 2.24) is 9.99 Å². The van der Waals surface area contributed by atoms with Crippen LogP contribution in [-0.4, -0.2) is 35.2 Å². The van der Waals surface area contributed by atoms with Crippen LogP contribution in [0, 0.1) is 28.9 Å². The molecule has 2 aromatic rings. The molecule has 0 N–H and O–H groups in total. The van der Waals surface area contributed by atoms with Gasteiger partial charge >= 0.3 is 0 Å². The Balaban J connectivity index is 1.43. The molecule has 1 atom stereocenters.